The first-order chi connectivity index (χ1) is 16.6. The number of nitrogens with zero attached hydrogens (tertiary/aromatic N) is 3. The molecule has 0 bridgehead atoms. The van der Waals surface area contributed by atoms with Gasteiger partial charge in [0.25, 0.3) is 0 Å². The number of carbonyl (C=O) groups is 2. The molecule has 35 heavy (non-hydrogen) atoms. The topological polar surface area (TPSA) is 67.2 Å². The van der Waals surface area contributed by atoms with Gasteiger partial charge in [0, 0.05) is 17.5 Å². The van der Waals surface area contributed by atoms with E-state index in [2.05, 4.69) is 56.8 Å². The van der Waals surface area contributed by atoms with Crippen LogP contribution in [0.3, 0.4) is 0 Å². The van der Waals surface area contributed by atoms with Crippen LogP contribution in [0.5, 0.6) is 0 Å². The van der Waals surface area contributed by atoms with Crippen LogP contribution in [0.25, 0.3) is 5.69 Å². The summed E-state index contributed by atoms with van der Waals surface area (Å²) >= 11 is 3.27. The summed E-state index contributed by atoms with van der Waals surface area (Å²) in [5.41, 5.74) is 4.84. The van der Waals surface area contributed by atoms with Crippen molar-refractivity contribution in [2.24, 2.45) is 5.92 Å². The zero-order valence-electron chi connectivity index (χ0n) is 21.3. The van der Waals surface area contributed by atoms with E-state index in [1.807, 2.05) is 35.9 Å². The van der Waals surface area contributed by atoms with Crippen LogP contribution in [0, 0.1) is 12.8 Å². The third-order valence-corrected chi connectivity index (χ3v) is 7.95. The van der Waals surface area contributed by atoms with Crippen LogP contribution in [0.15, 0.2) is 41.1 Å². The van der Waals surface area contributed by atoms with Gasteiger partial charge in [-0.3, -0.25) is 14.5 Å². The maximum absolute atomic E-state index is 13.6. The molecule has 0 spiro atoms. The highest BCUT2D eigenvalue weighted by Gasteiger charge is 2.40. The minimum absolute atomic E-state index is 0.0311. The Morgan fingerprint density at radius 1 is 1.23 bits per heavy atom. The van der Waals surface area contributed by atoms with Gasteiger partial charge in [-0.2, -0.15) is 16.4 Å². The average Bonchev–Trinajstić information content (AvgIpc) is 3.43. The number of hydrogen-bond acceptors (Lipinski definition) is 5. The van der Waals surface area contributed by atoms with Crippen molar-refractivity contribution >= 4 is 40.7 Å². The van der Waals surface area contributed by atoms with Gasteiger partial charge < -0.3 is 5.32 Å². The van der Waals surface area contributed by atoms with Crippen LogP contribution in [-0.2, 0) is 15.0 Å². The SMILES string of the molecule is Cc1ccccc1-n1nc(C(C)(C)C)c2c1N(CC(=O)NCC(C)C)C(=O)CSC2c1ccsc1. The number of aromatic nitrogens is 2. The molecule has 186 valence electrons. The van der Waals surface area contributed by atoms with E-state index in [1.165, 1.54) is 0 Å². The highest BCUT2D eigenvalue weighted by molar-refractivity contribution is 8.00. The van der Waals surface area contributed by atoms with Gasteiger partial charge in [-0.15, -0.1) is 11.8 Å². The third kappa shape index (κ3) is 5.33. The van der Waals surface area contributed by atoms with E-state index in [1.54, 1.807) is 28.0 Å². The lowest BCUT2D eigenvalue weighted by molar-refractivity contribution is -0.123. The Hall–Kier alpha value is -2.58. The second kappa shape index (κ2) is 10.2. The number of rotatable bonds is 6. The van der Waals surface area contributed by atoms with Gasteiger partial charge in [0.15, 0.2) is 0 Å². The first-order valence-electron chi connectivity index (χ1n) is 12.0. The van der Waals surface area contributed by atoms with Crippen LogP contribution in [0.2, 0.25) is 0 Å². The van der Waals surface area contributed by atoms with Crippen molar-refractivity contribution in [3.05, 3.63) is 63.5 Å². The third-order valence-electron chi connectivity index (χ3n) is 6.00. The quantitative estimate of drug-likeness (QED) is 0.477. The molecule has 2 amide bonds. The maximum atomic E-state index is 13.6. The molecule has 0 radical (unpaired) electrons. The Morgan fingerprint density at radius 3 is 2.60 bits per heavy atom. The van der Waals surface area contributed by atoms with Crippen molar-refractivity contribution in [3.8, 4) is 5.69 Å². The molecule has 8 heteroatoms. The van der Waals surface area contributed by atoms with Crippen molar-refractivity contribution < 1.29 is 9.59 Å². The van der Waals surface area contributed by atoms with E-state index in [-0.39, 0.29) is 29.0 Å². The van der Waals surface area contributed by atoms with E-state index in [9.17, 15) is 9.59 Å². The Kier molecular flexibility index (Phi) is 7.43. The standard InChI is InChI=1S/C27H34N4O2S2/c1-17(2)13-28-21(32)14-30-22(33)16-35-24(19-11-12-34-15-19)23-25(27(4,5)6)29-31(26(23)30)20-10-8-7-9-18(20)3/h7-12,15,17,24H,13-14,16H2,1-6H3,(H,28,32). The molecule has 1 aliphatic rings. The van der Waals surface area contributed by atoms with E-state index in [0.717, 1.165) is 28.1 Å². The molecule has 1 aromatic carbocycles. The second-order valence-corrected chi connectivity index (χ2v) is 12.3. The van der Waals surface area contributed by atoms with Crippen molar-refractivity contribution in [2.45, 2.75) is 52.2 Å². The molecule has 1 atom stereocenters. The fraction of sp³-hybridized carbons (Fsp3) is 0.444. The number of hydrogen-bond donors (Lipinski definition) is 1. The lowest BCUT2D eigenvalue weighted by Gasteiger charge is -2.24. The number of nitrogens with one attached hydrogen (secondary N) is 1. The molecule has 1 aliphatic heterocycles. The van der Waals surface area contributed by atoms with Gasteiger partial charge in [0.05, 0.1) is 22.4 Å². The minimum Gasteiger partial charge on any atom is -0.354 e. The van der Waals surface area contributed by atoms with Crippen LogP contribution < -0.4 is 10.2 Å². The van der Waals surface area contributed by atoms with Gasteiger partial charge in [-0.25, -0.2) is 4.68 Å². The number of fused-ring (bicyclic) bond motifs is 1. The number of amides is 2. The minimum atomic E-state index is -0.258. The molecule has 1 N–H and O–H groups in total. The van der Waals surface area contributed by atoms with Crippen molar-refractivity contribution in [1.29, 1.82) is 0 Å². The number of aryl methyl sites for hydroxylation is 1. The molecule has 3 aromatic rings. The van der Waals surface area contributed by atoms with Gasteiger partial charge >= 0.3 is 0 Å². The normalized spacial score (nSPS) is 16.4. The Morgan fingerprint density at radius 2 is 1.97 bits per heavy atom. The van der Waals surface area contributed by atoms with Gasteiger partial charge in [0.1, 0.15) is 12.4 Å². The Labute approximate surface area is 216 Å². The summed E-state index contributed by atoms with van der Waals surface area (Å²) in [6, 6.07) is 10.2. The van der Waals surface area contributed by atoms with E-state index < -0.39 is 0 Å². The molecule has 0 saturated heterocycles. The molecule has 0 aliphatic carbocycles. The predicted molar refractivity (Wildman–Crippen MR) is 146 cm³/mol. The summed E-state index contributed by atoms with van der Waals surface area (Å²) in [7, 11) is 0. The Bertz CT molecular complexity index is 1210. The zero-order chi connectivity index (χ0) is 25.3. The monoisotopic (exact) mass is 510 g/mol. The molecule has 0 fully saturated rings. The largest absolute Gasteiger partial charge is 0.354 e. The highest BCUT2D eigenvalue weighted by Crippen LogP contribution is 2.48. The van der Waals surface area contributed by atoms with E-state index in [0.29, 0.717) is 24.0 Å². The number of benzene rings is 1. The number of thioether (sulfide) groups is 1. The fourth-order valence-electron chi connectivity index (χ4n) is 4.25. The van der Waals surface area contributed by atoms with E-state index in [4.69, 9.17) is 5.10 Å². The summed E-state index contributed by atoms with van der Waals surface area (Å²) in [5.74, 6) is 1.09. The predicted octanol–water partition coefficient (Wildman–Crippen LogP) is 5.48. The molecule has 6 nitrogen and oxygen atoms in total. The number of thiophene rings is 1. The van der Waals surface area contributed by atoms with Crippen molar-refractivity contribution in [3.63, 3.8) is 0 Å². The Balaban J connectivity index is 1.96. The number of carbonyl (C=O) groups excluding carboxylic acids is 2. The van der Waals surface area contributed by atoms with Crippen LogP contribution >= 0.6 is 23.1 Å². The summed E-state index contributed by atoms with van der Waals surface area (Å²) in [6.45, 7) is 13.2. The van der Waals surface area contributed by atoms with Gasteiger partial charge in [0.2, 0.25) is 11.8 Å². The van der Waals surface area contributed by atoms with E-state index >= 15 is 0 Å². The summed E-state index contributed by atoms with van der Waals surface area (Å²) in [6.07, 6.45) is 0. The van der Waals surface area contributed by atoms with Crippen LogP contribution in [-0.4, -0.2) is 40.4 Å². The fourth-order valence-corrected chi connectivity index (χ4v) is 6.21. The lowest BCUT2D eigenvalue weighted by Crippen LogP contribution is -2.43. The van der Waals surface area contributed by atoms with Crippen LogP contribution in [0.4, 0.5) is 5.82 Å². The van der Waals surface area contributed by atoms with Crippen molar-refractivity contribution in [2.75, 3.05) is 23.7 Å². The lowest BCUT2D eigenvalue weighted by atomic mass is 9.87. The number of anilines is 1. The smallest absolute Gasteiger partial charge is 0.240 e. The first-order valence-corrected chi connectivity index (χ1v) is 14.0. The summed E-state index contributed by atoms with van der Waals surface area (Å²) < 4.78 is 1.89. The molecular weight excluding hydrogens is 476 g/mol. The number of para-hydroxylation sites is 1. The summed E-state index contributed by atoms with van der Waals surface area (Å²) in [5, 5.41) is 12.3. The molecule has 0 saturated carbocycles. The van der Waals surface area contributed by atoms with Crippen LogP contribution in [0.1, 0.15) is 62.3 Å². The first kappa shape index (κ1) is 25.5. The highest BCUT2D eigenvalue weighted by atomic mass is 32.2. The molecule has 3 heterocycles. The molecule has 1 unspecified atom stereocenters. The summed E-state index contributed by atoms with van der Waals surface area (Å²) in [4.78, 5) is 28.2. The molecular formula is C27H34N4O2S2. The van der Waals surface area contributed by atoms with Gasteiger partial charge in [-0.1, -0.05) is 52.8 Å². The zero-order valence-corrected chi connectivity index (χ0v) is 22.9. The van der Waals surface area contributed by atoms with Crippen molar-refractivity contribution in [1.82, 2.24) is 15.1 Å². The average molecular weight is 511 g/mol. The molecule has 4 rings (SSSR count). The molecule has 2 aromatic heterocycles. The second-order valence-electron chi connectivity index (χ2n) is 10.5. The van der Waals surface area contributed by atoms with Gasteiger partial charge in [-0.05, 0) is 46.9 Å². The maximum Gasteiger partial charge on any atom is 0.240 e.